The monoisotopic (exact) mass is 517 g/mol. The molecule has 6 aliphatic rings. The van der Waals surface area contributed by atoms with E-state index < -0.39 is 0 Å². The van der Waals surface area contributed by atoms with Crippen molar-refractivity contribution in [1.29, 1.82) is 0 Å². The van der Waals surface area contributed by atoms with Gasteiger partial charge in [0.05, 0.1) is 6.54 Å². The first-order valence-corrected chi connectivity index (χ1v) is 14.5. The number of fused-ring (bicyclic) bond motifs is 1. The van der Waals surface area contributed by atoms with Crippen molar-refractivity contribution in [3.63, 3.8) is 0 Å². The highest BCUT2D eigenvalue weighted by atomic mass is 16.6. The van der Waals surface area contributed by atoms with Gasteiger partial charge in [0.25, 0.3) is 5.91 Å². The van der Waals surface area contributed by atoms with E-state index in [2.05, 4.69) is 4.90 Å². The predicted molar refractivity (Wildman–Crippen MR) is 145 cm³/mol. The van der Waals surface area contributed by atoms with Gasteiger partial charge in [-0.15, -0.1) is 0 Å². The highest BCUT2D eigenvalue weighted by Gasteiger charge is 2.53. The zero-order valence-corrected chi connectivity index (χ0v) is 22.7. The van der Waals surface area contributed by atoms with Crippen LogP contribution in [-0.2, 0) is 6.54 Å². The quantitative estimate of drug-likeness (QED) is 0.613. The van der Waals surface area contributed by atoms with Crippen LogP contribution in [0.25, 0.3) is 0 Å². The third-order valence-corrected chi connectivity index (χ3v) is 10.2. The Balaban J connectivity index is 1.06. The fraction of sp³-hybridized carbons (Fsp3) is 0.613. The lowest BCUT2D eigenvalue weighted by molar-refractivity contribution is -0.0987. The largest absolute Gasteiger partial charge is 0.486 e. The summed E-state index contributed by atoms with van der Waals surface area (Å²) < 4.78 is 14.1. The van der Waals surface area contributed by atoms with Crippen molar-refractivity contribution < 1.29 is 14.3 Å². The van der Waals surface area contributed by atoms with E-state index in [0.29, 0.717) is 43.0 Å². The van der Waals surface area contributed by atoms with Crippen molar-refractivity contribution in [1.82, 2.24) is 14.4 Å². The summed E-state index contributed by atoms with van der Waals surface area (Å²) in [6.45, 7) is 8.00. The second-order valence-electron chi connectivity index (χ2n) is 12.6. The summed E-state index contributed by atoms with van der Waals surface area (Å²) in [7, 11) is 0. The maximum absolute atomic E-state index is 13.8. The van der Waals surface area contributed by atoms with Gasteiger partial charge in [0.2, 0.25) is 0 Å². The van der Waals surface area contributed by atoms with E-state index in [-0.39, 0.29) is 17.4 Å². The number of hydrogen-bond acceptors (Lipinski definition) is 5. The minimum Gasteiger partial charge on any atom is -0.486 e. The normalized spacial score (nSPS) is 32.0. The zero-order valence-electron chi connectivity index (χ0n) is 22.7. The van der Waals surface area contributed by atoms with Crippen LogP contribution in [0.15, 0.2) is 35.1 Å². The van der Waals surface area contributed by atoms with E-state index in [0.717, 1.165) is 48.0 Å². The number of hydrogen-bond donors (Lipinski definition) is 0. The van der Waals surface area contributed by atoms with Gasteiger partial charge in [0.1, 0.15) is 12.2 Å². The molecule has 4 saturated carbocycles. The summed E-state index contributed by atoms with van der Waals surface area (Å²) >= 11 is 0. The average Bonchev–Trinajstić information content (AvgIpc) is 2.90. The number of nitrogens with zero attached hydrogens (tertiary/aromatic N) is 3. The molecular weight excluding hydrogens is 478 g/mol. The SMILES string of the molecule is Cc1cc(=O)c(C(=O)N2CCN(C34CC5CC(CC(C5)C3)C4)CC2)c(C)n1C[C@H]1COc2ccccc2O1. The molecule has 3 heterocycles. The summed E-state index contributed by atoms with van der Waals surface area (Å²) in [4.78, 5) is 31.5. The van der Waals surface area contributed by atoms with Gasteiger partial charge in [-0.1, -0.05) is 12.1 Å². The number of carbonyl (C=O) groups excluding carboxylic acids is 1. The summed E-state index contributed by atoms with van der Waals surface area (Å²) in [5.74, 6) is 4.11. The minimum atomic E-state index is -0.198. The third kappa shape index (κ3) is 4.05. The fourth-order valence-electron chi connectivity index (χ4n) is 8.81. The Kier molecular flexibility index (Phi) is 5.84. The highest BCUT2D eigenvalue weighted by Crippen LogP contribution is 2.57. The molecule has 202 valence electrons. The van der Waals surface area contributed by atoms with Crippen molar-refractivity contribution in [3.8, 4) is 11.5 Å². The molecule has 1 aromatic heterocycles. The van der Waals surface area contributed by atoms with E-state index in [1.165, 1.54) is 38.5 Å². The molecule has 0 spiro atoms. The topological polar surface area (TPSA) is 64.0 Å². The fourth-order valence-corrected chi connectivity index (χ4v) is 8.81. The minimum absolute atomic E-state index is 0.127. The third-order valence-electron chi connectivity index (χ3n) is 10.2. The molecule has 5 fully saturated rings. The van der Waals surface area contributed by atoms with E-state index in [4.69, 9.17) is 9.47 Å². The molecule has 4 aliphatic carbocycles. The van der Waals surface area contributed by atoms with Crippen molar-refractivity contribution in [3.05, 3.63) is 57.5 Å². The molecule has 2 aromatic rings. The van der Waals surface area contributed by atoms with Gasteiger partial charge in [-0.2, -0.15) is 0 Å². The lowest BCUT2D eigenvalue weighted by Gasteiger charge is -2.61. The molecule has 1 aromatic carbocycles. The van der Waals surface area contributed by atoms with E-state index in [1.54, 1.807) is 6.07 Å². The number of aromatic nitrogens is 1. The Morgan fingerprint density at radius 2 is 1.58 bits per heavy atom. The molecule has 0 N–H and O–H groups in total. The second kappa shape index (κ2) is 9.15. The first kappa shape index (κ1) is 24.3. The van der Waals surface area contributed by atoms with E-state index >= 15 is 0 Å². The van der Waals surface area contributed by atoms with E-state index in [1.807, 2.05) is 47.6 Å². The van der Waals surface area contributed by atoms with Crippen LogP contribution in [0.5, 0.6) is 11.5 Å². The molecule has 1 saturated heterocycles. The molecule has 38 heavy (non-hydrogen) atoms. The lowest BCUT2D eigenvalue weighted by Crippen LogP contribution is -2.64. The maximum Gasteiger partial charge on any atom is 0.259 e. The summed E-state index contributed by atoms with van der Waals surface area (Å²) in [6.07, 6.45) is 8.20. The standard InChI is InChI=1S/C31H39N3O4/c1-20-11-26(35)29(21(2)34(20)18-25-19-37-27-5-3-4-6-28(27)38-25)30(36)32-7-9-33(10-8-32)31-15-22-12-23(16-31)14-24(13-22)17-31/h3-6,11,22-25H,7-10,12-19H2,1-2H3/t22?,23?,24?,25-,31?/m0/s1. The lowest BCUT2D eigenvalue weighted by atomic mass is 9.52. The predicted octanol–water partition coefficient (Wildman–Crippen LogP) is 4.03. The van der Waals surface area contributed by atoms with Gasteiger partial charge in [0.15, 0.2) is 23.0 Å². The second-order valence-corrected chi connectivity index (χ2v) is 12.6. The summed E-state index contributed by atoms with van der Waals surface area (Å²) in [5.41, 5.74) is 2.04. The maximum atomic E-state index is 13.8. The number of carbonyl (C=O) groups is 1. The van der Waals surface area contributed by atoms with Crippen LogP contribution in [0.4, 0.5) is 0 Å². The van der Waals surface area contributed by atoms with Crippen molar-refractivity contribution in [2.75, 3.05) is 32.8 Å². The Hall–Kier alpha value is -2.80. The smallest absolute Gasteiger partial charge is 0.259 e. The van der Waals surface area contributed by atoms with Gasteiger partial charge in [-0.05, 0) is 82.3 Å². The molecule has 1 atom stereocenters. The van der Waals surface area contributed by atoms with Gasteiger partial charge in [-0.25, -0.2) is 0 Å². The molecule has 2 aliphatic heterocycles. The van der Waals surface area contributed by atoms with Crippen LogP contribution in [-0.4, -0.2) is 64.7 Å². The molecule has 0 radical (unpaired) electrons. The zero-order chi connectivity index (χ0) is 26.0. The van der Waals surface area contributed by atoms with Crippen LogP contribution in [0, 0.1) is 31.6 Å². The molecule has 1 amide bonds. The van der Waals surface area contributed by atoms with Crippen LogP contribution in [0.3, 0.4) is 0 Å². The number of benzene rings is 1. The highest BCUT2D eigenvalue weighted by molar-refractivity contribution is 5.95. The number of amides is 1. The number of para-hydroxylation sites is 2. The first-order chi connectivity index (χ1) is 18.4. The average molecular weight is 518 g/mol. The summed E-state index contributed by atoms with van der Waals surface area (Å²) in [6, 6.07) is 9.27. The van der Waals surface area contributed by atoms with Crippen LogP contribution in [0.1, 0.15) is 60.3 Å². The van der Waals surface area contributed by atoms with Crippen LogP contribution >= 0.6 is 0 Å². The Morgan fingerprint density at radius 1 is 0.947 bits per heavy atom. The molecule has 8 rings (SSSR count). The molecule has 0 unspecified atom stereocenters. The summed E-state index contributed by atoms with van der Waals surface area (Å²) in [5, 5.41) is 0. The Labute approximate surface area is 224 Å². The number of rotatable bonds is 4. The Bertz CT molecular complexity index is 1270. The Morgan fingerprint density at radius 3 is 2.24 bits per heavy atom. The van der Waals surface area contributed by atoms with Crippen LogP contribution < -0.4 is 14.9 Å². The van der Waals surface area contributed by atoms with Gasteiger partial charge >= 0.3 is 0 Å². The van der Waals surface area contributed by atoms with Crippen molar-refractivity contribution in [2.24, 2.45) is 17.8 Å². The number of piperazine rings is 1. The number of pyridine rings is 1. The van der Waals surface area contributed by atoms with Crippen molar-refractivity contribution >= 4 is 5.91 Å². The number of ether oxygens (including phenoxy) is 2. The molecule has 7 nitrogen and oxygen atoms in total. The van der Waals surface area contributed by atoms with Gasteiger partial charge in [-0.3, -0.25) is 14.5 Å². The molecule has 7 heteroatoms. The van der Waals surface area contributed by atoms with E-state index in [9.17, 15) is 9.59 Å². The number of aryl methyl sites for hydroxylation is 1. The van der Waals surface area contributed by atoms with Crippen molar-refractivity contribution in [2.45, 2.75) is 70.6 Å². The molecular formula is C31H39N3O4. The van der Waals surface area contributed by atoms with Gasteiger partial charge < -0.3 is 18.9 Å². The van der Waals surface area contributed by atoms with Gasteiger partial charge in [0, 0.05) is 49.2 Å². The van der Waals surface area contributed by atoms with Crippen LogP contribution in [0.2, 0.25) is 0 Å². The first-order valence-electron chi connectivity index (χ1n) is 14.5. The molecule has 4 bridgehead atoms.